The van der Waals surface area contributed by atoms with Crippen LogP contribution < -0.4 is 5.73 Å². The molecule has 0 saturated carbocycles. The Morgan fingerprint density at radius 1 is 1.73 bits per heavy atom. The second-order valence-electron chi connectivity index (χ2n) is 2.44. The number of nitrogens with two attached hydrogens (primary N) is 1. The van der Waals surface area contributed by atoms with Gasteiger partial charge in [0.15, 0.2) is 0 Å². The fourth-order valence-electron chi connectivity index (χ4n) is 0.687. The van der Waals surface area contributed by atoms with E-state index >= 15 is 0 Å². The summed E-state index contributed by atoms with van der Waals surface area (Å²) in [5, 5.41) is 2.05. The van der Waals surface area contributed by atoms with E-state index in [2.05, 4.69) is 6.07 Å². The zero-order valence-corrected chi connectivity index (χ0v) is 7.43. The fourth-order valence-corrected chi connectivity index (χ4v) is 1.31. The van der Waals surface area contributed by atoms with Crippen molar-refractivity contribution in [2.45, 2.75) is 19.6 Å². The van der Waals surface area contributed by atoms with Crippen molar-refractivity contribution in [3.8, 4) is 0 Å². The molecule has 0 aromatic carbocycles. The normalized spacial score (nSPS) is 13.3. The van der Waals surface area contributed by atoms with Crippen LogP contribution in [0, 0.1) is 0 Å². The van der Waals surface area contributed by atoms with Crippen molar-refractivity contribution in [1.82, 2.24) is 0 Å². The first-order chi connectivity index (χ1) is 5.33. The lowest BCUT2D eigenvalue weighted by atomic mass is 10.4. The maximum Gasteiger partial charge on any atom is 0.0813 e. The Morgan fingerprint density at radius 2 is 2.55 bits per heavy atom. The van der Waals surface area contributed by atoms with Crippen LogP contribution in [0.4, 0.5) is 0 Å². The molecular weight excluding hydrogens is 158 g/mol. The first-order valence-corrected chi connectivity index (χ1v) is 4.55. The molecule has 0 aliphatic heterocycles. The summed E-state index contributed by atoms with van der Waals surface area (Å²) >= 11 is 1.71. The number of hydrogen-bond acceptors (Lipinski definition) is 3. The summed E-state index contributed by atoms with van der Waals surface area (Å²) in [5.41, 5.74) is 5.39. The summed E-state index contributed by atoms with van der Waals surface area (Å²) < 4.78 is 5.42. The predicted octanol–water partition coefficient (Wildman–Crippen LogP) is 1.61. The largest absolute Gasteiger partial charge is 0.372 e. The van der Waals surface area contributed by atoms with Gasteiger partial charge in [-0.25, -0.2) is 0 Å². The predicted molar refractivity (Wildman–Crippen MR) is 47.6 cm³/mol. The lowest BCUT2D eigenvalue weighted by Crippen LogP contribution is -2.19. The third-order valence-corrected chi connectivity index (χ3v) is 2.27. The SMILES string of the molecule is CC(CN)OCc1cccs1. The lowest BCUT2D eigenvalue weighted by molar-refractivity contribution is 0.0607. The van der Waals surface area contributed by atoms with Crippen LogP contribution >= 0.6 is 11.3 Å². The smallest absolute Gasteiger partial charge is 0.0813 e. The first-order valence-electron chi connectivity index (χ1n) is 3.67. The van der Waals surface area contributed by atoms with Gasteiger partial charge in [0.25, 0.3) is 0 Å². The summed E-state index contributed by atoms with van der Waals surface area (Å²) in [7, 11) is 0. The van der Waals surface area contributed by atoms with Crippen molar-refractivity contribution in [3.05, 3.63) is 22.4 Å². The van der Waals surface area contributed by atoms with E-state index in [1.807, 2.05) is 18.4 Å². The van der Waals surface area contributed by atoms with E-state index < -0.39 is 0 Å². The number of thiophene rings is 1. The van der Waals surface area contributed by atoms with E-state index in [4.69, 9.17) is 10.5 Å². The lowest BCUT2D eigenvalue weighted by Gasteiger charge is -2.08. The minimum atomic E-state index is 0.164. The third-order valence-electron chi connectivity index (χ3n) is 1.42. The van der Waals surface area contributed by atoms with Crippen molar-refractivity contribution in [1.29, 1.82) is 0 Å². The molecular formula is C8H13NOS. The van der Waals surface area contributed by atoms with Crippen molar-refractivity contribution >= 4 is 11.3 Å². The van der Waals surface area contributed by atoms with Crippen LogP contribution in [0.2, 0.25) is 0 Å². The molecule has 2 N–H and O–H groups in total. The average Bonchev–Trinajstić information content (AvgIpc) is 2.52. The van der Waals surface area contributed by atoms with Gasteiger partial charge >= 0.3 is 0 Å². The monoisotopic (exact) mass is 171 g/mol. The van der Waals surface area contributed by atoms with Crippen molar-refractivity contribution in [2.24, 2.45) is 5.73 Å². The quantitative estimate of drug-likeness (QED) is 0.747. The van der Waals surface area contributed by atoms with E-state index in [1.54, 1.807) is 11.3 Å². The van der Waals surface area contributed by atoms with Gasteiger partial charge in [0.2, 0.25) is 0 Å². The number of ether oxygens (including phenoxy) is 1. The molecule has 0 radical (unpaired) electrons. The van der Waals surface area contributed by atoms with Gasteiger partial charge in [-0.15, -0.1) is 11.3 Å². The summed E-state index contributed by atoms with van der Waals surface area (Å²) in [4.78, 5) is 1.25. The molecule has 1 heterocycles. The van der Waals surface area contributed by atoms with Crippen LogP contribution in [0.15, 0.2) is 17.5 Å². The van der Waals surface area contributed by atoms with Gasteiger partial charge in [-0.3, -0.25) is 0 Å². The zero-order chi connectivity index (χ0) is 8.10. The van der Waals surface area contributed by atoms with E-state index in [1.165, 1.54) is 4.88 Å². The fraction of sp³-hybridized carbons (Fsp3) is 0.500. The Hall–Kier alpha value is -0.380. The van der Waals surface area contributed by atoms with Gasteiger partial charge in [-0.1, -0.05) is 6.07 Å². The molecule has 1 unspecified atom stereocenters. The van der Waals surface area contributed by atoms with Gasteiger partial charge in [0.05, 0.1) is 12.7 Å². The molecule has 2 nitrogen and oxygen atoms in total. The molecule has 1 aromatic heterocycles. The maximum absolute atomic E-state index is 5.42. The standard InChI is InChI=1S/C8H13NOS/c1-7(5-9)10-6-8-3-2-4-11-8/h2-4,7H,5-6,9H2,1H3. The van der Waals surface area contributed by atoms with E-state index in [0.29, 0.717) is 13.2 Å². The second kappa shape index (κ2) is 4.49. The molecule has 0 bridgehead atoms. The van der Waals surface area contributed by atoms with Gasteiger partial charge in [0.1, 0.15) is 0 Å². The average molecular weight is 171 g/mol. The molecule has 0 fully saturated rings. The van der Waals surface area contributed by atoms with Crippen molar-refractivity contribution in [2.75, 3.05) is 6.54 Å². The molecule has 0 saturated heterocycles. The number of hydrogen-bond donors (Lipinski definition) is 1. The minimum Gasteiger partial charge on any atom is -0.372 e. The maximum atomic E-state index is 5.42. The minimum absolute atomic E-state index is 0.164. The zero-order valence-electron chi connectivity index (χ0n) is 6.62. The van der Waals surface area contributed by atoms with Crippen molar-refractivity contribution in [3.63, 3.8) is 0 Å². The van der Waals surface area contributed by atoms with Crippen LogP contribution in [0.25, 0.3) is 0 Å². The Morgan fingerprint density at radius 3 is 3.09 bits per heavy atom. The Kier molecular flexibility index (Phi) is 3.56. The summed E-state index contributed by atoms with van der Waals surface area (Å²) in [6.07, 6.45) is 0.164. The highest BCUT2D eigenvalue weighted by Gasteiger charge is 1.99. The van der Waals surface area contributed by atoms with E-state index in [9.17, 15) is 0 Å². The van der Waals surface area contributed by atoms with E-state index in [0.717, 1.165) is 0 Å². The van der Waals surface area contributed by atoms with Crippen molar-refractivity contribution < 1.29 is 4.74 Å². The Bertz CT molecular complexity index is 186. The molecule has 11 heavy (non-hydrogen) atoms. The molecule has 1 rings (SSSR count). The highest BCUT2D eigenvalue weighted by molar-refractivity contribution is 7.09. The molecule has 1 aromatic rings. The Labute approximate surface area is 71.0 Å². The number of rotatable bonds is 4. The molecule has 0 spiro atoms. The van der Waals surface area contributed by atoms with Crippen LogP contribution in [0.5, 0.6) is 0 Å². The van der Waals surface area contributed by atoms with Crippen LogP contribution in [-0.4, -0.2) is 12.6 Å². The topological polar surface area (TPSA) is 35.2 Å². The second-order valence-corrected chi connectivity index (χ2v) is 3.47. The molecule has 0 amide bonds. The molecule has 62 valence electrons. The van der Waals surface area contributed by atoms with Crippen LogP contribution in [-0.2, 0) is 11.3 Å². The van der Waals surface area contributed by atoms with Gasteiger partial charge < -0.3 is 10.5 Å². The molecule has 0 aliphatic carbocycles. The summed E-state index contributed by atoms with van der Waals surface area (Å²) in [5.74, 6) is 0. The summed E-state index contributed by atoms with van der Waals surface area (Å²) in [6, 6.07) is 4.09. The molecule has 1 atom stereocenters. The summed E-state index contributed by atoms with van der Waals surface area (Å²) in [6.45, 7) is 3.26. The Balaban J connectivity index is 2.23. The molecule has 0 aliphatic rings. The highest BCUT2D eigenvalue weighted by Crippen LogP contribution is 2.10. The van der Waals surface area contributed by atoms with Gasteiger partial charge in [-0.05, 0) is 18.4 Å². The van der Waals surface area contributed by atoms with Crippen LogP contribution in [0.1, 0.15) is 11.8 Å². The van der Waals surface area contributed by atoms with Gasteiger partial charge in [-0.2, -0.15) is 0 Å². The highest BCUT2D eigenvalue weighted by atomic mass is 32.1. The van der Waals surface area contributed by atoms with Crippen LogP contribution in [0.3, 0.4) is 0 Å². The van der Waals surface area contributed by atoms with Gasteiger partial charge in [0, 0.05) is 11.4 Å². The van der Waals surface area contributed by atoms with E-state index in [-0.39, 0.29) is 6.10 Å². The third kappa shape index (κ3) is 3.01. The first kappa shape index (κ1) is 8.71. The molecule has 3 heteroatoms.